The van der Waals surface area contributed by atoms with Crippen LogP contribution >= 0.6 is 0 Å². The zero-order valence-electron chi connectivity index (χ0n) is 22.2. The van der Waals surface area contributed by atoms with Crippen LogP contribution in [0, 0.1) is 11.6 Å². The van der Waals surface area contributed by atoms with E-state index in [1.165, 1.54) is 0 Å². The number of aliphatic hydroxyl groups is 2. The SMILES string of the molecule is CCc1cccc(CNC[C@H](O)[C@H](Cc2cc(F)cc(F)c2)NC(=O)C(O)CC(=O)c2cccc(C(F)(F)F)c2)c1. The summed E-state index contributed by atoms with van der Waals surface area (Å²) in [6.07, 6.45) is -8.13. The third kappa shape index (κ3) is 9.73. The van der Waals surface area contributed by atoms with Crippen molar-refractivity contribution in [2.24, 2.45) is 0 Å². The van der Waals surface area contributed by atoms with E-state index in [-0.39, 0.29) is 24.1 Å². The van der Waals surface area contributed by atoms with Gasteiger partial charge in [-0.2, -0.15) is 13.2 Å². The maximum Gasteiger partial charge on any atom is 0.416 e. The Hall–Kier alpha value is -3.67. The summed E-state index contributed by atoms with van der Waals surface area (Å²) < 4.78 is 66.5. The summed E-state index contributed by atoms with van der Waals surface area (Å²) in [5, 5.41) is 26.7. The van der Waals surface area contributed by atoms with Gasteiger partial charge in [0.15, 0.2) is 5.78 Å². The molecule has 0 aliphatic rings. The molecule has 3 aromatic carbocycles. The largest absolute Gasteiger partial charge is 0.416 e. The normalized spacial score (nSPS) is 13.9. The molecule has 3 rings (SSSR count). The number of benzene rings is 3. The number of carbonyl (C=O) groups excluding carboxylic acids is 2. The summed E-state index contributed by atoms with van der Waals surface area (Å²) in [7, 11) is 0. The van der Waals surface area contributed by atoms with Gasteiger partial charge in [0.25, 0.3) is 0 Å². The van der Waals surface area contributed by atoms with Gasteiger partial charge in [-0.3, -0.25) is 9.59 Å². The Morgan fingerprint density at radius 1 is 0.878 bits per heavy atom. The molecule has 11 heteroatoms. The van der Waals surface area contributed by atoms with Crippen LogP contribution in [0.5, 0.6) is 0 Å². The van der Waals surface area contributed by atoms with Crippen molar-refractivity contribution in [3.8, 4) is 0 Å². The van der Waals surface area contributed by atoms with E-state index in [4.69, 9.17) is 0 Å². The minimum Gasteiger partial charge on any atom is -0.390 e. The van der Waals surface area contributed by atoms with Crippen LogP contribution in [0.25, 0.3) is 0 Å². The highest BCUT2D eigenvalue weighted by atomic mass is 19.4. The van der Waals surface area contributed by atoms with Crippen LogP contribution in [0.15, 0.2) is 66.7 Å². The Labute approximate surface area is 234 Å². The number of hydrogen-bond donors (Lipinski definition) is 4. The van der Waals surface area contributed by atoms with E-state index in [9.17, 15) is 41.8 Å². The minimum atomic E-state index is -4.68. The molecule has 1 unspecified atom stereocenters. The van der Waals surface area contributed by atoms with Crippen LogP contribution in [0.4, 0.5) is 22.0 Å². The lowest BCUT2D eigenvalue weighted by Crippen LogP contribution is -2.51. The van der Waals surface area contributed by atoms with E-state index in [0.717, 1.165) is 47.9 Å². The van der Waals surface area contributed by atoms with Crippen molar-refractivity contribution >= 4 is 11.7 Å². The smallest absolute Gasteiger partial charge is 0.390 e. The van der Waals surface area contributed by atoms with Gasteiger partial charge in [-0.25, -0.2) is 8.78 Å². The summed E-state index contributed by atoms with van der Waals surface area (Å²) in [6.45, 7) is 2.35. The van der Waals surface area contributed by atoms with Gasteiger partial charge >= 0.3 is 6.18 Å². The topological polar surface area (TPSA) is 98.7 Å². The molecule has 0 saturated heterocycles. The molecule has 41 heavy (non-hydrogen) atoms. The van der Waals surface area contributed by atoms with Crippen LogP contribution < -0.4 is 10.6 Å². The van der Waals surface area contributed by atoms with Gasteiger partial charge in [0.1, 0.15) is 17.7 Å². The van der Waals surface area contributed by atoms with E-state index < -0.39 is 59.7 Å². The molecule has 0 bridgehead atoms. The Balaban J connectivity index is 1.69. The number of aliphatic hydroxyl groups excluding tert-OH is 2. The molecule has 3 atom stereocenters. The second kappa shape index (κ2) is 14.3. The molecule has 220 valence electrons. The Morgan fingerprint density at radius 2 is 1.54 bits per heavy atom. The van der Waals surface area contributed by atoms with E-state index in [1.807, 2.05) is 31.2 Å². The average Bonchev–Trinajstić information content (AvgIpc) is 2.91. The monoisotopic (exact) mass is 578 g/mol. The van der Waals surface area contributed by atoms with Gasteiger partial charge in [0, 0.05) is 31.1 Å². The number of Topliss-reactive ketones (excluding diaryl/α,β-unsaturated/α-hetero) is 1. The van der Waals surface area contributed by atoms with E-state index in [2.05, 4.69) is 10.6 Å². The second-order valence-electron chi connectivity index (χ2n) is 9.69. The average molecular weight is 579 g/mol. The van der Waals surface area contributed by atoms with E-state index in [0.29, 0.717) is 18.7 Å². The molecule has 0 saturated carbocycles. The molecule has 0 aliphatic heterocycles. The van der Waals surface area contributed by atoms with Crippen LogP contribution in [-0.2, 0) is 30.4 Å². The molecular weight excluding hydrogens is 547 g/mol. The number of aryl methyl sites for hydroxylation is 1. The Bertz CT molecular complexity index is 1330. The third-order valence-electron chi connectivity index (χ3n) is 6.45. The fourth-order valence-corrected chi connectivity index (χ4v) is 4.27. The summed E-state index contributed by atoms with van der Waals surface area (Å²) in [5.74, 6) is -3.71. The molecule has 4 N–H and O–H groups in total. The maximum absolute atomic E-state index is 13.8. The third-order valence-corrected chi connectivity index (χ3v) is 6.45. The summed E-state index contributed by atoms with van der Waals surface area (Å²) in [5.41, 5.74) is 0.804. The van der Waals surface area contributed by atoms with Crippen molar-refractivity contribution in [3.63, 3.8) is 0 Å². The van der Waals surface area contributed by atoms with Crippen LogP contribution in [-0.4, -0.2) is 46.7 Å². The van der Waals surface area contributed by atoms with Crippen LogP contribution in [0.1, 0.15) is 46.0 Å². The van der Waals surface area contributed by atoms with Crippen molar-refractivity contribution in [1.82, 2.24) is 10.6 Å². The van der Waals surface area contributed by atoms with Crippen molar-refractivity contribution < 1.29 is 41.8 Å². The molecule has 3 aromatic rings. The molecule has 6 nitrogen and oxygen atoms in total. The Morgan fingerprint density at radius 3 is 2.20 bits per heavy atom. The lowest BCUT2D eigenvalue weighted by atomic mass is 9.99. The Kier molecular flexibility index (Phi) is 11.1. The zero-order valence-corrected chi connectivity index (χ0v) is 22.2. The second-order valence-corrected chi connectivity index (χ2v) is 9.69. The first-order chi connectivity index (χ1) is 19.3. The number of hydrogen-bond acceptors (Lipinski definition) is 5. The summed E-state index contributed by atoms with van der Waals surface area (Å²) in [4.78, 5) is 25.3. The standard InChI is InChI=1S/C30H31F5N2O4/c1-2-18-5-3-6-19(9-18)16-36-17-28(40)25(12-20-10-23(31)14-24(32)11-20)37-29(41)27(39)15-26(38)21-7-4-8-22(13-21)30(33,34)35/h3-11,13-14,25,27-28,36,39-40H,2,12,15-17H2,1H3,(H,37,41)/t25-,27?,28-/m0/s1. The molecule has 0 radical (unpaired) electrons. The number of ketones is 1. The molecule has 0 fully saturated rings. The predicted octanol–water partition coefficient (Wildman–Crippen LogP) is 4.36. The van der Waals surface area contributed by atoms with Crippen molar-refractivity contribution in [2.75, 3.05) is 6.54 Å². The molecule has 0 aromatic heterocycles. The number of rotatable bonds is 13. The van der Waals surface area contributed by atoms with Gasteiger partial charge in [-0.05, 0) is 53.8 Å². The predicted molar refractivity (Wildman–Crippen MR) is 142 cm³/mol. The van der Waals surface area contributed by atoms with E-state index in [1.54, 1.807) is 0 Å². The number of carbonyl (C=O) groups is 2. The highest BCUT2D eigenvalue weighted by molar-refractivity contribution is 5.99. The summed E-state index contributed by atoms with van der Waals surface area (Å²) in [6, 6.07) is 12.9. The zero-order chi connectivity index (χ0) is 30.2. The van der Waals surface area contributed by atoms with Gasteiger partial charge in [0.2, 0.25) is 5.91 Å². The van der Waals surface area contributed by atoms with Crippen LogP contribution in [0.2, 0.25) is 0 Å². The first kappa shape index (κ1) is 31.9. The van der Waals surface area contributed by atoms with Crippen molar-refractivity contribution in [3.05, 3.63) is 106 Å². The van der Waals surface area contributed by atoms with Gasteiger partial charge in [-0.1, -0.05) is 43.3 Å². The van der Waals surface area contributed by atoms with Gasteiger partial charge < -0.3 is 20.8 Å². The minimum absolute atomic E-state index is 0.0433. The lowest BCUT2D eigenvalue weighted by Gasteiger charge is -2.26. The van der Waals surface area contributed by atoms with E-state index >= 15 is 0 Å². The number of halogens is 5. The number of alkyl halides is 3. The highest BCUT2D eigenvalue weighted by Gasteiger charge is 2.32. The molecule has 0 heterocycles. The van der Waals surface area contributed by atoms with Gasteiger partial charge in [0.05, 0.1) is 17.7 Å². The van der Waals surface area contributed by atoms with Crippen LogP contribution in [0.3, 0.4) is 0 Å². The molecular formula is C30H31F5N2O4. The first-order valence-electron chi connectivity index (χ1n) is 13.0. The molecule has 1 amide bonds. The quantitative estimate of drug-likeness (QED) is 0.179. The molecule has 0 spiro atoms. The molecule has 0 aliphatic carbocycles. The first-order valence-corrected chi connectivity index (χ1v) is 13.0. The lowest BCUT2D eigenvalue weighted by molar-refractivity contribution is -0.137. The van der Waals surface area contributed by atoms with Crippen molar-refractivity contribution in [1.29, 1.82) is 0 Å². The highest BCUT2D eigenvalue weighted by Crippen LogP contribution is 2.29. The maximum atomic E-state index is 13.8. The van der Waals surface area contributed by atoms with Crippen molar-refractivity contribution in [2.45, 2.75) is 57.2 Å². The fourth-order valence-electron chi connectivity index (χ4n) is 4.27. The van der Waals surface area contributed by atoms with Gasteiger partial charge in [-0.15, -0.1) is 0 Å². The number of amides is 1. The summed E-state index contributed by atoms with van der Waals surface area (Å²) >= 11 is 0. The number of nitrogens with one attached hydrogen (secondary N) is 2. The fraction of sp³-hybridized carbons (Fsp3) is 0.333.